The molecule has 0 bridgehead atoms. The summed E-state index contributed by atoms with van der Waals surface area (Å²) >= 11 is 0.708. The normalized spacial score (nSPS) is 11.4. The summed E-state index contributed by atoms with van der Waals surface area (Å²) in [7, 11) is 1.51. The molecule has 0 saturated carbocycles. The molecule has 2 aromatic carbocycles. The number of hydrogen-bond donors (Lipinski definition) is 3. The highest BCUT2D eigenvalue weighted by Gasteiger charge is 2.37. The standard InChI is InChI=1S/C26H29N5O6S/c1-5-37-19(32)13-29-25(34)22(16-8-10-17(36-4)11-9-16)31(18-12-14(2)6-7-15(18)3)26(35)23-20(27)21(24(28)33)30-38-23/h6-12,22H,5,13,27H2,1-4H3,(H2,28,33)(H,29,34)/t22-/m1/s1. The van der Waals surface area contributed by atoms with Crippen LogP contribution in [0, 0.1) is 13.8 Å². The summed E-state index contributed by atoms with van der Waals surface area (Å²) in [5, 5.41) is 2.57. The number of carbonyl (C=O) groups excluding carboxylic acids is 4. The molecule has 0 aliphatic rings. The van der Waals surface area contributed by atoms with E-state index in [4.69, 9.17) is 20.9 Å². The molecule has 0 aliphatic carbocycles. The number of nitrogen functional groups attached to an aromatic ring is 1. The van der Waals surface area contributed by atoms with Gasteiger partial charge in [0.2, 0.25) is 5.91 Å². The molecule has 0 spiro atoms. The number of nitrogens with two attached hydrogens (primary N) is 2. The molecule has 1 atom stereocenters. The Balaban J connectivity index is 2.21. The van der Waals surface area contributed by atoms with Crippen LogP contribution in [0.5, 0.6) is 5.75 Å². The molecule has 5 N–H and O–H groups in total. The SMILES string of the molecule is CCOC(=O)CNC(=O)[C@@H](c1ccc(OC)cc1)N(C(=O)c1snc(C(N)=O)c1N)c1cc(C)ccc1C. The zero-order valence-electron chi connectivity index (χ0n) is 21.4. The van der Waals surface area contributed by atoms with E-state index in [1.165, 1.54) is 12.0 Å². The minimum atomic E-state index is -1.25. The molecule has 0 radical (unpaired) electrons. The topological polar surface area (TPSA) is 167 Å². The van der Waals surface area contributed by atoms with Gasteiger partial charge in [-0.25, -0.2) is 0 Å². The molecule has 0 fully saturated rings. The first kappa shape index (κ1) is 28.1. The summed E-state index contributed by atoms with van der Waals surface area (Å²) < 4.78 is 14.1. The molecule has 1 heterocycles. The Labute approximate surface area is 223 Å². The summed E-state index contributed by atoms with van der Waals surface area (Å²) in [5.41, 5.74) is 13.4. The highest BCUT2D eigenvalue weighted by atomic mass is 32.1. The fraction of sp³-hybridized carbons (Fsp3) is 0.269. The van der Waals surface area contributed by atoms with Gasteiger partial charge >= 0.3 is 5.97 Å². The Morgan fingerprint density at radius 3 is 2.37 bits per heavy atom. The number of benzene rings is 2. The number of rotatable bonds is 10. The first-order chi connectivity index (χ1) is 18.1. The summed E-state index contributed by atoms with van der Waals surface area (Å²) in [4.78, 5) is 52.8. The molecule has 3 rings (SSSR count). The highest BCUT2D eigenvalue weighted by Crippen LogP contribution is 2.35. The van der Waals surface area contributed by atoms with Gasteiger partial charge in [0.1, 0.15) is 23.2 Å². The Kier molecular flexibility index (Phi) is 9.02. The van der Waals surface area contributed by atoms with Crippen molar-refractivity contribution in [2.45, 2.75) is 26.8 Å². The van der Waals surface area contributed by atoms with Crippen LogP contribution < -0.4 is 26.4 Å². The lowest BCUT2D eigenvalue weighted by molar-refractivity contribution is -0.143. The third-order valence-corrected chi connectivity index (χ3v) is 6.50. The smallest absolute Gasteiger partial charge is 0.325 e. The van der Waals surface area contributed by atoms with Crippen LogP contribution in [0.3, 0.4) is 0 Å². The first-order valence-corrected chi connectivity index (χ1v) is 12.4. The van der Waals surface area contributed by atoms with Crippen molar-refractivity contribution >= 4 is 46.6 Å². The number of aromatic nitrogens is 1. The van der Waals surface area contributed by atoms with E-state index in [1.807, 2.05) is 19.1 Å². The molecular formula is C26H29N5O6S. The Bertz CT molecular complexity index is 1350. The minimum absolute atomic E-state index is 0.0589. The lowest BCUT2D eigenvalue weighted by Crippen LogP contribution is -2.45. The van der Waals surface area contributed by atoms with E-state index in [0.717, 1.165) is 5.56 Å². The van der Waals surface area contributed by atoms with Crippen LogP contribution in [0.2, 0.25) is 0 Å². The monoisotopic (exact) mass is 539 g/mol. The van der Waals surface area contributed by atoms with E-state index < -0.39 is 36.3 Å². The molecule has 0 aliphatic heterocycles. The van der Waals surface area contributed by atoms with E-state index in [-0.39, 0.29) is 22.9 Å². The average Bonchev–Trinajstić information content (AvgIpc) is 3.29. The molecule has 0 unspecified atom stereocenters. The van der Waals surface area contributed by atoms with Gasteiger partial charge in [-0.3, -0.25) is 24.1 Å². The highest BCUT2D eigenvalue weighted by molar-refractivity contribution is 7.09. The first-order valence-electron chi connectivity index (χ1n) is 11.6. The zero-order valence-corrected chi connectivity index (χ0v) is 22.3. The van der Waals surface area contributed by atoms with Gasteiger partial charge in [-0.05, 0) is 67.2 Å². The third-order valence-electron chi connectivity index (χ3n) is 5.65. The van der Waals surface area contributed by atoms with Crippen LogP contribution >= 0.6 is 11.5 Å². The molecule has 38 heavy (non-hydrogen) atoms. The van der Waals surface area contributed by atoms with Crippen molar-refractivity contribution in [3.8, 4) is 5.75 Å². The number of anilines is 2. The van der Waals surface area contributed by atoms with Crippen molar-refractivity contribution in [2.75, 3.05) is 30.9 Å². The van der Waals surface area contributed by atoms with Crippen LogP contribution in [0.25, 0.3) is 0 Å². The van der Waals surface area contributed by atoms with Gasteiger partial charge in [-0.15, -0.1) is 0 Å². The third kappa shape index (κ3) is 6.09. The molecule has 12 heteroatoms. The second kappa shape index (κ2) is 12.2. The average molecular weight is 540 g/mol. The number of aryl methyl sites for hydroxylation is 2. The molecular weight excluding hydrogens is 510 g/mol. The lowest BCUT2D eigenvalue weighted by atomic mass is 10.0. The number of amides is 3. The van der Waals surface area contributed by atoms with E-state index in [2.05, 4.69) is 9.69 Å². The Morgan fingerprint density at radius 1 is 1.11 bits per heavy atom. The zero-order chi connectivity index (χ0) is 28.0. The maximum Gasteiger partial charge on any atom is 0.325 e. The quantitative estimate of drug-likeness (QED) is 0.330. The summed E-state index contributed by atoms with van der Waals surface area (Å²) in [5.74, 6) is -2.28. The number of hydrogen-bond acceptors (Lipinski definition) is 9. The second-order valence-electron chi connectivity index (χ2n) is 8.30. The van der Waals surface area contributed by atoms with Gasteiger partial charge in [0.15, 0.2) is 5.69 Å². The summed E-state index contributed by atoms with van der Waals surface area (Å²) in [6.45, 7) is 5.04. The van der Waals surface area contributed by atoms with E-state index >= 15 is 0 Å². The Morgan fingerprint density at radius 2 is 1.79 bits per heavy atom. The Hall–Kier alpha value is -4.45. The fourth-order valence-electron chi connectivity index (χ4n) is 3.76. The van der Waals surface area contributed by atoms with Crippen LogP contribution in [-0.4, -0.2) is 48.3 Å². The molecule has 3 aromatic rings. The maximum absolute atomic E-state index is 14.1. The number of methoxy groups -OCH3 is 1. The lowest BCUT2D eigenvalue weighted by Gasteiger charge is -2.32. The van der Waals surface area contributed by atoms with Gasteiger partial charge in [-0.2, -0.15) is 4.37 Å². The van der Waals surface area contributed by atoms with Crippen LogP contribution in [0.1, 0.15) is 49.8 Å². The molecule has 1 aromatic heterocycles. The fourth-order valence-corrected chi connectivity index (χ4v) is 4.50. The number of ether oxygens (including phenoxy) is 2. The van der Waals surface area contributed by atoms with Gasteiger partial charge in [0, 0.05) is 5.69 Å². The number of carbonyl (C=O) groups is 4. The van der Waals surface area contributed by atoms with E-state index in [9.17, 15) is 19.2 Å². The van der Waals surface area contributed by atoms with Crippen molar-refractivity contribution in [3.05, 3.63) is 69.7 Å². The van der Waals surface area contributed by atoms with Crippen LogP contribution in [-0.2, 0) is 14.3 Å². The summed E-state index contributed by atoms with van der Waals surface area (Å²) in [6.07, 6.45) is 0. The van der Waals surface area contributed by atoms with E-state index in [1.54, 1.807) is 44.2 Å². The molecule has 11 nitrogen and oxygen atoms in total. The number of primary amides is 1. The van der Waals surface area contributed by atoms with Crippen molar-refractivity contribution in [2.24, 2.45) is 5.73 Å². The van der Waals surface area contributed by atoms with Crippen molar-refractivity contribution in [1.82, 2.24) is 9.69 Å². The number of esters is 1. The predicted octanol–water partition coefficient (Wildman–Crippen LogP) is 2.52. The number of nitrogens with one attached hydrogen (secondary N) is 1. The largest absolute Gasteiger partial charge is 0.497 e. The summed E-state index contributed by atoms with van der Waals surface area (Å²) in [6, 6.07) is 10.8. The van der Waals surface area contributed by atoms with Crippen molar-refractivity contribution in [3.63, 3.8) is 0 Å². The van der Waals surface area contributed by atoms with Gasteiger partial charge < -0.3 is 26.3 Å². The van der Waals surface area contributed by atoms with Crippen LogP contribution in [0.15, 0.2) is 42.5 Å². The van der Waals surface area contributed by atoms with Crippen molar-refractivity contribution in [1.29, 1.82) is 0 Å². The maximum atomic E-state index is 14.1. The van der Waals surface area contributed by atoms with Gasteiger partial charge in [0.05, 0.1) is 19.4 Å². The second-order valence-corrected chi connectivity index (χ2v) is 9.08. The number of nitrogens with zero attached hydrogens (tertiary/aromatic N) is 2. The van der Waals surface area contributed by atoms with Gasteiger partial charge in [-0.1, -0.05) is 24.3 Å². The minimum Gasteiger partial charge on any atom is -0.497 e. The molecule has 3 amide bonds. The van der Waals surface area contributed by atoms with Crippen LogP contribution in [0.4, 0.5) is 11.4 Å². The predicted molar refractivity (Wildman–Crippen MR) is 143 cm³/mol. The molecule has 200 valence electrons. The van der Waals surface area contributed by atoms with Crippen molar-refractivity contribution < 1.29 is 28.7 Å². The van der Waals surface area contributed by atoms with Gasteiger partial charge in [0.25, 0.3) is 11.8 Å². The van der Waals surface area contributed by atoms with E-state index in [0.29, 0.717) is 34.1 Å². The molecule has 0 saturated heterocycles.